The number of carbonyl (C=O) groups is 1. The number of amides is 1. The predicted octanol–water partition coefficient (Wildman–Crippen LogP) is 3.30. The van der Waals surface area contributed by atoms with Crippen molar-refractivity contribution in [1.82, 2.24) is 4.31 Å². The fourth-order valence-corrected chi connectivity index (χ4v) is 5.19. The average Bonchev–Trinajstić information content (AvgIpc) is 2.72. The van der Waals surface area contributed by atoms with Gasteiger partial charge < -0.3 is 9.64 Å². The highest BCUT2D eigenvalue weighted by molar-refractivity contribution is 7.89. The van der Waals surface area contributed by atoms with Crippen molar-refractivity contribution in [3.63, 3.8) is 0 Å². The van der Waals surface area contributed by atoms with Crippen LogP contribution in [0.4, 0.5) is 5.69 Å². The van der Waals surface area contributed by atoms with Gasteiger partial charge in [0.1, 0.15) is 0 Å². The Labute approximate surface area is 173 Å². The van der Waals surface area contributed by atoms with E-state index in [4.69, 9.17) is 4.74 Å². The fraction of sp³-hybridized carbons (Fsp3) is 0.409. The second-order valence-electron chi connectivity index (χ2n) is 7.34. The first kappa shape index (κ1) is 21.5. The molecular formula is C22H28N2O4S. The molecule has 156 valence electrons. The summed E-state index contributed by atoms with van der Waals surface area (Å²) in [7, 11) is -3.68. The molecule has 29 heavy (non-hydrogen) atoms. The van der Waals surface area contributed by atoms with Crippen LogP contribution in [0.3, 0.4) is 0 Å². The Kier molecular flexibility index (Phi) is 6.41. The van der Waals surface area contributed by atoms with Gasteiger partial charge in [-0.3, -0.25) is 4.79 Å². The van der Waals surface area contributed by atoms with Gasteiger partial charge in [0.15, 0.2) is 0 Å². The number of carbonyl (C=O) groups excluding carboxylic acids is 1. The van der Waals surface area contributed by atoms with Gasteiger partial charge in [-0.15, -0.1) is 0 Å². The van der Waals surface area contributed by atoms with E-state index in [0.717, 1.165) is 16.8 Å². The molecule has 0 aromatic heterocycles. The summed E-state index contributed by atoms with van der Waals surface area (Å²) in [5.74, 6) is -0.209. The van der Waals surface area contributed by atoms with Crippen molar-refractivity contribution in [3.05, 3.63) is 58.7 Å². The lowest BCUT2D eigenvalue weighted by molar-refractivity contribution is 0.0730. The van der Waals surface area contributed by atoms with Gasteiger partial charge in [-0.05, 0) is 62.6 Å². The molecule has 2 aromatic rings. The minimum atomic E-state index is -3.68. The zero-order chi connectivity index (χ0) is 21.2. The van der Waals surface area contributed by atoms with Gasteiger partial charge in [-0.2, -0.15) is 4.31 Å². The molecule has 0 radical (unpaired) electrons. The van der Waals surface area contributed by atoms with Crippen molar-refractivity contribution in [2.45, 2.75) is 32.6 Å². The van der Waals surface area contributed by atoms with Crippen molar-refractivity contribution in [2.24, 2.45) is 0 Å². The molecule has 3 rings (SSSR count). The lowest BCUT2D eigenvalue weighted by Gasteiger charge is -2.27. The van der Waals surface area contributed by atoms with Gasteiger partial charge in [0.2, 0.25) is 10.0 Å². The first-order valence-corrected chi connectivity index (χ1v) is 11.3. The molecule has 0 aliphatic carbocycles. The molecule has 0 spiro atoms. The molecule has 0 saturated carbocycles. The highest BCUT2D eigenvalue weighted by Gasteiger charge is 2.29. The molecule has 2 aromatic carbocycles. The Morgan fingerprint density at radius 3 is 2.34 bits per heavy atom. The minimum absolute atomic E-state index is 0.183. The fourth-order valence-electron chi connectivity index (χ4n) is 3.53. The van der Waals surface area contributed by atoms with Crippen molar-refractivity contribution in [1.29, 1.82) is 0 Å². The van der Waals surface area contributed by atoms with Crippen LogP contribution in [0.2, 0.25) is 0 Å². The van der Waals surface area contributed by atoms with Crippen LogP contribution in [0.25, 0.3) is 0 Å². The summed E-state index contributed by atoms with van der Waals surface area (Å²) in [5, 5.41) is 0. The van der Waals surface area contributed by atoms with Gasteiger partial charge >= 0.3 is 0 Å². The zero-order valence-electron chi connectivity index (χ0n) is 17.4. The van der Waals surface area contributed by atoms with E-state index in [1.54, 1.807) is 24.0 Å². The standard InChI is InChI=1S/C22H28N2O4S/c1-5-24(20-14-16(2)6-7-17(20)3)22(25)19-9-8-18(4)21(15-19)29(26,27)23-10-12-28-13-11-23/h6-9,14-15H,5,10-13H2,1-4H3. The van der Waals surface area contributed by atoms with Crippen LogP contribution in [-0.2, 0) is 14.8 Å². The summed E-state index contributed by atoms with van der Waals surface area (Å²) >= 11 is 0. The van der Waals surface area contributed by atoms with Crippen LogP contribution in [0.1, 0.15) is 34.0 Å². The van der Waals surface area contributed by atoms with E-state index < -0.39 is 10.0 Å². The number of hydrogen-bond donors (Lipinski definition) is 0. The highest BCUT2D eigenvalue weighted by atomic mass is 32.2. The van der Waals surface area contributed by atoms with Gasteiger partial charge in [0.05, 0.1) is 18.1 Å². The molecular weight excluding hydrogens is 388 g/mol. The Hall–Kier alpha value is -2.22. The summed E-state index contributed by atoms with van der Waals surface area (Å²) < 4.78 is 33.0. The largest absolute Gasteiger partial charge is 0.379 e. The first-order valence-electron chi connectivity index (χ1n) is 9.83. The van der Waals surface area contributed by atoms with Gasteiger partial charge in [-0.25, -0.2) is 8.42 Å². The SMILES string of the molecule is CCN(C(=O)c1ccc(C)c(S(=O)(=O)N2CCOCC2)c1)c1cc(C)ccc1C. The Morgan fingerprint density at radius 1 is 1.03 bits per heavy atom. The predicted molar refractivity (Wildman–Crippen MR) is 114 cm³/mol. The monoisotopic (exact) mass is 416 g/mol. The molecule has 1 heterocycles. The van der Waals surface area contributed by atoms with E-state index in [9.17, 15) is 13.2 Å². The van der Waals surface area contributed by atoms with Crippen LogP contribution >= 0.6 is 0 Å². The molecule has 1 fully saturated rings. The summed E-state index contributed by atoms with van der Waals surface area (Å²) in [6.07, 6.45) is 0. The maximum absolute atomic E-state index is 13.3. The van der Waals surface area contributed by atoms with Crippen molar-refractivity contribution < 1.29 is 17.9 Å². The summed E-state index contributed by atoms with van der Waals surface area (Å²) in [5.41, 5.74) is 3.90. The molecule has 0 atom stereocenters. The number of benzene rings is 2. The number of nitrogens with zero attached hydrogens (tertiary/aromatic N) is 2. The van der Waals surface area contributed by atoms with Gasteiger partial charge in [0.25, 0.3) is 5.91 Å². The Bertz CT molecular complexity index is 1010. The number of sulfonamides is 1. The van der Waals surface area contributed by atoms with Crippen LogP contribution in [0, 0.1) is 20.8 Å². The van der Waals surface area contributed by atoms with Crippen LogP contribution in [-0.4, -0.2) is 51.5 Å². The van der Waals surface area contributed by atoms with Crippen molar-refractivity contribution in [2.75, 3.05) is 37.7 Å². The smallest absolute Gasteiger partial charge is 0.258 e. The molecule has 1 amide bonds. The maximum Gasteiger partial charge on any atom is 0.258 e. The highest BCUT2D eigenvalue weighted by Crippen LogP contribution is 2.26. The van der Waals surface area contributed by atoms with E-state index in [1.807, 2.05) is 39.0 Å². The van der Waals surface area contributed by atoms with E-state index in [2.05, 4.69) is 0 Å². The average molecular weight is 417 g/mol. The second-order valence-corrected chi connectivity index (χ2v) is 9.24. The van der Waals surface area contributed by atoms with Crippen LogP contribution < -0.4 is 4.90 Å². The normalized spacial score (nSPS) is 15.3. The molecule has 6 nitrogen and oxygen atoms in total. The third kappa shape index (κ3) is 4.37. The molecule has 1 aliphatic rings. The van der Waals surface area contributed by atoms with Gasteiger partial charge in [0, 0.05) is 30.9 Å². The quantitative estimate of drug-likeness (QED) is 0.750. The van der Waals surface area contributed by atoms with E-state index in [1.165, 1.54) is 10.4 Å². The van der Waals surface area contributed by atoms with Crippen LogP contribution in [0.5, 0.6) is 0 Å². The number of ether oxygens (including phenoxy) is 1. The van der Waals surface area contributed by atoms with E-state index >= 15 is 0 Å². The molecule has 1 aliphatic heterocycles. The minimum Gasteiger partial charge on any atom is -0.379 e. The maximum atomic E-state index is 13.3. The number of anilines is 1. The third-order valence-corrected chi connectivity index (χ3v) is 7.28. The summed E-state index contributed by atoms with van der Waals surface area (Å²) in [4.78, 5) is 15.2. The third-order valence-electron chi connectivity index (χ3n) is 5.24. The molecule has 1 saturated heterocycles. The van der Waals surface area contributed by atoms with E-state index in [-0.39, 0.29) is 10.8 Å². The summed E-state index contributed by atoms with van der Waals surface area (Å²) in [6.45, 7) is 9.52. The number of aryl methyl sites for hydroxylation is 3. The molecule has 0 N–H and O–H groups in total. The zero-order valence-corrected chi connectivity index (χ0v) is 18.3. The van der Waals surface area contributed by atoms with Crippen LogP contribution in [0.15, 0.2) is 41.3 Å². The first-order chi connectivity index (χ1) is 13.8. The molecule has 7 heteroatoms. The van der Waals surface area contributed by atoms with E-state index in [0.29, 0.717) is 44.0 Å². The number of rotatable bonds is 5. The van der Waals surface area contributed by atoms with Crippen molar-refractivity contribution >= 4 is 21.6 Å². The molecule has 0 unspecified atom stereocenters. The molecule has 0 bridgehead atoms. The lowest BCUT2D eigenvalue weighted by atomic mass is 10.1. The number of morpholine rings is 1. The lowest BCUT2D eigenvalue weighted by Crippen LogP contribution is -2.41. The van der Waals surface area contributed by atoms with Crippen molar-refractivity contribution in [3.8, 4) is 0 Å². The summed E-state index contributed by atoms with van der Waals surface area (Å²) in [6, 6.07) is 10.9. The topological polar surface area (TPSA) is 66.9 Å². The van der Waals surface area contributed by atoms with Gasteiger partial charge in [-0.1, -0.05) is 18.2 Å². The Morgan fingerprint density at radius 2 is 1.69 bits per heavy atom. The Balaban J connectivity index is 1.99. The number of hydrogen-bond acceptors (Lipinski definition) is 4. The second kappa shape index (κ2) is 8.65.